The quantitative estimate of drug-likeness (QED) is 0.0539. The van der Waals surface area contributed by atoms with Crippen LogP contribution in [0.1, 0.15) is 105 Å². The van der Waals surface area contributed by atoms with Gasteiger partial charge in [-0.3, -0.25) is 9.59 Å². The Labute approximate surface area is 284 Å². The molecule has 2 saturated heterocycles. The summed E-state index contributed by atoms with van der Waals surface area (Å²) in [5.41, 5.74) is 0.317. The summed E-state index contributed by atoms with van der Waals surface area (Å²) in [6.07, 6.45) is 16.0. The van der Waals surface area contributed by atoms with Gasteiger partial charge in [0.25, 0.3) is 0 Å². The first-order valence-electron chi connectivity index (χ1n) is 16.9. The average molecular weight is 675 g/mol. The van der Waals surface area contributed by atoms with Crippen LogP contribution < -0.4 is 0 Å². The van der Waals surface area contributed by atoms with Crippen molar-refractivity contribution in [1.82, 2.24) is 0 Å². The summed E-state index contributed by atoms with van der Waals surface area (Å²) in [5, 5.41) is 37.6. The van der Waals surface area contributed by atoms with Gasteiger partial charge < -0.3 is 34.6 Å². The van der Waals surface area contributed by atoms with E-state index < -0.39 is 47.5 Å². The number of carboxylic acids is 3. The summed E-state index contributed by atoms with van der Waals surface area (Å²) in [6.45, 7) is 9.50. The summed E-state index contributed by atoms with van der Waals surface area (Å²) < 4.78 is 19.6. The van der Waals surface area contributed by atoms with Crippen LogP contribution in [0.4, 0.5) is 0 Å². The van der Waals surface area contributed by atoms with Gasteiger partial charge in [-0.15, -0.1) is 0 Å². The second kappa shape index (κ2) is 19.5. The molecule has 2 fully saturated rings. The summed E-state index contributed by atoms with van der Waals surface area (Å²) in [6, 6.07) is 0. The monoisotopic (exact) mass is 674 g/mol. The fraction of sp³-hybridized carbons (Fsp3) is 0.622. The highest BCUT2D eigenvalue weighted by molar-refractivity contribution is 5.81. The van der Waals surface area contributed by atoms with Gasteiger partial charge in [0.2, 0.25) is 0 Å². The Morgan fingerprint density at radius 1 is 0.917 bits per heavy atom. The first-order valence-corrected chi connectivity index (χ1v) is 16.9. The van der Waals surface area contributed by atoms with Gasteiger partial charge in [-0.05, 0) is 57.4 Å². The van der Waals surface area contributed by atoms with E-state index in [2.05, 4.69) is 13.8 Å². The Bertz CT molecular complexity index is 1260. The minimum atomic E-state index is -1.09. The third-order valence-electron chi connectivity index (χ3n) is 9.03. The van der Waals surface area contributed by atoms with Crippen LogP contribution in [0.3, 0.4) is 0 Å². The Hall–Kier alpha value is -3.54. The molecule has 0 saturated carbocycles. The van der Waals surface area contributed by atoms with Crippen LogP contribution >= 0.6 is 0 Å². The van der Waals surface area contributed by atoms with Crippen molar-refractivity contribution in [1.29, 1.82) is 0 Å². The van der Waals surface area contributed by atoms with Gasteiger partial charge in [-0.25, -0.2) is 9.59 Å². The van der Waals surface area contributed by atoms with Crippen LogP contribution in [-0.2, 0) is 33.4 Å². The largest absolute Gasteiger partial charge is 0.481 e. The molecule has 2 heterocycles. The molecule has 0 bridgehead atoms. The van der Waals surface area contributed by atoms with E-state index in [4.69, 9.17) is 24.4 Å². The number of carbonyl (C=O) groups is 4. The van der Waals surface area contributed by atoms with E-state index >= 15 is 0 Å². The zero-order valence-electron chi connectivity index (χ0n) is 28.9. The number of ether oxygens (including phenoxy) is 3. The van der Waals surface area contributed by atoms with Crippen molar-refractivity contribution >= 4 is 23.9 Å². The highest BCUT2D eigenvalue weighted by Crippen LogP contribution is 2.48. The predicted molar refractivity (Wildman–Crippen MR) is 180 cm³/mol. The lowest BCUT2D eigenvalue weighted by molar-refractivity contribution is -0.344. The highest BCUT2D eigenvalue weighted by Gasteiger charge is 2.54. The van der Waals surface area contributed by atoms with E-state index in [0.29, 0.717) is 37.7 Å². The number of hydrogen-bond donors (Lipinski definition) is 4. The normalized spacial score (nSPS) is 28.2. The fourth-order valence-corrected chi connectivity index (χ4v) is 6.01. The maximum absolute atomic E-state index is 12.9. The minimum absolute atomic E-state index is 0.187. The molecule has 2 rings (SSSR count). The summed E-state index contributed by atoms with van der Waals surface area (Å²) in [4.78, 5) is 46.2. The maximum atomic E-state index is 12.9. The Kier molecular flexibility index (Phi) is 16.5. The molecule has 0 aromatic heterocycles. The smallest absolute Gasteiger partial charge is 0.328 e. The van der Waals surface area contributed by atoms with Gasteiger partial charge in [-0.1, -0.05) is 75.6 Å². The number of carbonyl (C=O) groups excluding carboxylic acids is 1. The molecular weight excluding hydrogens is 620 g/mol. The molecule has 0 unspecified atom stereocenters. The number of aliphatic carboxylic acids is 3. The molecular formula is C37H54O11. The zero-order chi connectivity index (χ0) is 35.9. The lowest BCUT2D eigenvalue weighted by atomic mass is 9.78. The molecule has 0 radical (unpaired) electrons. The van der Waals surface area contributed by atoms with Crippen LogP contribution in [-0.4, -0.2) is 74.0 Å². The first kappa shape index (κ1) is 40.6. The molecule has 7 atom stereocenters. The van der Waals surface area contributed by atoms with Gasteiger partial charge in [0.1, 0.15) is 11.7 Å². The second-order valence-electron chi connectivity index (χ2n) is 13.2. The van der Waals surface area contributed by atoms with E-state index in [0.717, 1.165) is 43.4 Å². The van der Waals surface area contributed by atoms with Crippen LogP contribution in [0.15, 0.2) is 59.8 Å². The van der Waals surface area contributed by atoms with E-state index in [1.54, 1.807) is 38.2 Å². The number of unbranched alkanes of at least 4 members (excludes halogenated alkanes) is 2. The van der Waals surface area contributed by atoms with Crippen LogP contribution in [0.5, 0.6) is 0 Å². The van der Waals surface area contributed by atoms with Crippen LogP contribution in [0.25, 0.3) is 0 Å². The van der Waals surface area contributed by atoms with Gasteiger partial charge in [0.15, 0.2) is 5.79 Å². The molecule has 0 aliphatic carbocycles. The van der Waals surface area contributed by atoms with Crippen molar-refractivity contribution in [3.63, 3.8) is 0 Å². The molecule has 2 aliphatic rings. The maximum Gasteiger partial charge on any atom is 0.328 e. The molecule has 48 heavy (non-hydrogen) atoms. The second-order valence-corrected chi connectivity index (χ2v) is 13.2. The van der Waals surface area contributed by atoms with Gasteiger partial charge in [-0.2, -0.15) is 0 Å². The number of hydrogen-bond acceptors (Lipinski definition) is 8. The van der Waals surface area contributed by atoms with Gasteiger partial charge in [0.05, 0.1) is 25.0 Å². The standard InChI is InChI=1S/C37H54O11/c1-6-7-8-20-36(48-35(45)18-17-33(41)42)22-23-37(47-31(36)15-11-26(3)24-34(43)44)21-19-28(5)30(46-37)14-10-25(2)9-13-29(38)27(4)12-16-32(39)40/h9-13,15-16,24,27-31,38H,6-8,14,17-23H2,1-5H3,(H,39,40)(H,41,42)(H,43,44)/b13-9+,15-11+,16-12+,25-10+,26-24+/t27-,28+,29-,30-,31+,36-,37+/m0/s1. The van der Waals surface area contributed by atoms with Crippen molar-refractivity contribution in [2.24, 2.45) is 11.8 Å². The number of carboxylic acid groups (broad SMARTS) is 3. The molecule has 1 spiro atoms. The predicted octanol–water partition coefficient (Wildman–Crippen LogP) is 6.52. The van der Waals surface area contributed by atoms with Gasteiger partial charge >= 0.3 is 23.9 Å². The number of aliphatic hydroxyl groups excluding tert-OH is 1. The van der Waals surface area contributed by atoms with Crippen molar-refractivity contribution in [3.8, 4) is 0 Å². The van der Waals surface area contributed by atoms with E-state index in [-0.39, 0.29) is 30.8 Å². The van der Waals surface area contributed by atoms with E-state index in [1.807, 2.05) is 13.0 Å². The van der Waals surface area contributed by atoms with Crippen LogP contribution in [0, 0.1) is 11.8 Å². The summed E-state index contributed by atoms with van der Waals surface area (Å²) in [5.74, 6) is -4.97. The minimum Gasteiger partial charge on any atom is -0.481 e. The topological polar surface area (TPSA) is 177 Å². The molecule has 11 nitrogen and oxygen atoms in total. The Balaban J connectivity index is 2.32. The zero-order valence-corrected chi connectivity index (χ0v) is 28.9. The lowest BCUT2D eigenvalue weighted by Crippen LogP contribution is -2.59. The summed E-state index contributed by atoms with van der Waals surface area (Å²) in [7, 11) is 0. The fourth-order valence-electron chi connectivity index (χ4n) is 6.01. The Morgan fingerprint density at radius 2 is 1.65 bits per heavy atom. The third-order valence-corrected chi connectivity index (χ3v) is 9.03. The molecule has 0 aromatic rings. The summed E-state index contributed by atoms with van der Waals surface area (Å²) >= 11 is 0. The number of rotatable bonds is 18. The van der Waals surface area contributed by atoms with Crippen molar-refractivity contribution < 1.29 is 53.8 Å². The van der Waals surface area contributed by atoms with Crippen molar-refractivity contribution in [3.05, 3.63) is 59.8 Å². The first-order chi connectivity index (χ1) is 22.6. The molecule has 268 valence electrons. The SMILES string of the molecule is CCCCC[C@]1(OC(=O)CCC(=O)O)CC[C@@]2(CC[C@@H](C)[C@H](C/C=C(C)/C=C/[C@H](O)[C@@H](C)/C=C/C(=O)O)O2)O[C@@H]1/C=C/C(C)=C/C(=O)O. The highest BCUT2D eigenvalue weighted by atomic mass is 16.7. The number of aliphatic hydroxyl groups is 1. The molecule has 4 N–H and O–H groups in total. The van der Waals surface area contributed by atoms with Crippen molar-refractivity contribution in [2.45, 2.75) is 135 Å². The average Bonchev–Trinajstić information content (AvgIpc) is 3.02. The van der Waals surface area contributed by atoms with Gasteiger partial charge in [0, 0.05) is 30.9 Å². The third kappa shape index (κ3) is 13.5. The number of allylic oxidation sites excluding steroid dienone is 4. The van der Waals surface area contributed by atoms with Crippen molar-refractivity contribution in [2.75, 3.05) is 0 Å². The van der Waals surface area contributed by atoms with Crippen LogP contribution in [0.2, 0.25) is 0 Å². The lowest BCUT2D eigenvalue weighted by Gasteiger charge is -2.53. The van der Waals surface area contributed by atoms with E-state index in [9.17, 15) is 29.4 Å². The number of esters is 1. The molecule has 11 heteroatoms. The molecule has 2 aliphatic heterocycles. The van der Waals surface area contributed by atoms with E-state index in [1.165, 1.54) is 6.08 Å². The molecule has 0 aromatic carbocycles. The molecule has 0 amide bonds. The Morgan fingerprint density at radius 3 is 2.29 bits per heavy atom.